The third-order valence-corrected chi connectivity index (χ3v) is 5.13. The van der Waals surface area contributed by atoms with Crippen LogP contribution in [0.3, 0.4) is 0 Å². The first-order valence-corrected chi connectivity index (χ1v) is 9.35. The van der Waals surface area contributed by atoms with Gasteiger partial charge in [0.2, 0.25) is 0 Å². The van der Waals surface area contributed by atoms with Crippen molar-refractivity contribution in [1.29, 1.82) is 0 Å². The number of nitrogens with one attached hydrogen (secondary N) is 1. The van der Waals surface area contributed by atoms with E-state index in [0.29, 0.717) is 18.8 Å². The molecule has 0 radical (unpaired) electrons. The van der Waals surface area contributed by atoms with E-state index in [9.17, 15) is 4.79 Å². The molecule has 0 bridgehead atoms. The Bertz CT molecular complexity index is 1170. The number of hydrogen-bond donors (Lipinski definition) is 1. The lowest BCUT2D eigenvalue weighted by molar-refractivity contribution is 0.0768. The fourth-order valence-electron chi connectivity index (χ4n) is 3.66. The molecule has 0 fully saturated rings. The Morgan fingerprint density at radius 1 is 1.04 bits per heavy atom. The Morgan fingerprint density at radius 2 is 1.93 bits per heavy atom. The van der Waals surface area contributed by atoms with Crippen molar-refractivity contribution in [3.63, 3.8) is 0 Å². The van der Waals surface area contributed by atoms with Crippen LogP contribution in [0.15, 0.2) is 77.4 Å². The van der Waals surface area contributed by atoms with E-state index in [2.05, 4.69) is 40.5 Å². The Hall–Kier alpha value is -3.60. The molecule has 0 spiro atoms. The number of carbonyl (C=O) groups excluding carboxylic acids is 1. The van der Waals surface area contributed by atoms with Gasteiger partial charge in [-0.1, -0.05) is 42.5 Å². The van der Waals surface area contributed by atoms with Crippen molar-refractivity contribution >= 4 is 22.3 Å². The van der Waals surface area contributed by atoms with Gasteiger partial charge in [-0.3, -0.25) is 9.89 Å². The van der Waals surface area contributed by atoms with Gasteiger partial charge in [0.1, 0.15) is 11.5 Å². The highest BCUT2D eigenvalue weighted by Crippen LogP contribution is 2.25. The molecular weight excluding hydrogens is 350 g/mol. The normalized spacial score (nSPS) is 14.3. The van der Waals surface area contributed by atoms with Gasteiger partial charge in [0, 0.05) is 24.2 Å². The zero-order valence-corrected chi connectivity index (χ0v) is 15.3. The zero-order valence-electron chi connectivity index (χ0n) is 15.3. The monoisotopic (exact) mass is 369 g/mol. The number of rotatable bonds is 3. The molecule has 5 heteroatoms. The standard InChI is InChI=1S/C23H19N3O2/c27-23(26-11-3-7-19(15-26)22-8-4-12-28-22)21-14-20(24-25-21)18-10-9-16-5-1-2-6-17(16)13-18/h1-2,4-10,12-14H,3,11,15H2,(H,24,25). The third-order valence-electron chi connectivity index (χ3n) is 5.13. The lowest BCUT2D eigenvalue weighted by atomic mass is 10.0. The summed E-state index contributed by atoms with van der Waals surface area (Å²) in [5.41, 5.74) is 3.31. The van der Waals surface area contributed by atoms with Crippen LogP contribution in [0.1, 0.15) is 22.7 Å². The van der Waals surface area contributed by atoms with Crippen LogP contribution < -0.4 is 0 Å². The molecule has 2 aromatic heterocycles. The first kappa shape index (κ1) is 16.6. The number of aromatic amines is 1. The molecule has 5 nitrogen and oxygen atoms in total. The number of hydrogen-bond acceptors (Lipinski definition) is 3. The average molecular weight is 369 g/mol. The molecule has 1 aliphatic rings. The summed E-state index contributed by atoms with van der Waals surface area (Å²) in [5.74, 6) is 0.774. The summed E-state index contributed by atoms with van der Waals surface area (Å²) in [6.07, 6.45) is 4.60. The lowest BCUT2D eigenvalue weighted by Gasteiger charge is -2.26. The molecule has 28 heavy (non-hydrogen) atoms. The smallest absolute Gasteiger partial charge is 0.272 e. The molecule has 0 saturated carbocycles. The predicted octanol–water partition coefficient (Wildman–Crippen LogP) is 4.75. The summed E-state index contributed by atoms with van der Waals surface area (Å²) in [6, 6.07) is 20.0. The van der Waals surface area contributed by atoms with Gasteiger partial charge in [0.05, 0.1) is 12.0 Å². The topological polar surface area (TPSA) is 62.1 Å². The average Bonchev–Trinajstić information content (AvgIpc) is 3.45. The molecule has 2 aromatic carbocycles. The second kappa shape index (κ2) is 6.85. The molecular formula is C23H19N3O2. The summed E-state index contributed by atoms with van der Waals surface area (Å²) in [6.45, 7) is 1.23. The van der Waals surface area contributed by atoms with Crippen molar-refractivity contribution in [2.24, 2.45) is 0 Å². The third kappa shape index (κ3) is 3.01. The van der Waals surface area contributed by atoms with Gasteiger partial charge in [-0.15, -0.1) is 0 Å². The molecule has 138 valence electrons. The molecule has 3 heterocycles. The summed E-state index contributed by atoms with van der Waals surface area (Å²) in [5, 5.41) is 9.62. The number of fused-ring (bicyclic) bond motifs is 1. The maximum atomic E-state index is 13.0. The van der Waals surface area contributed by atoms with Crippen molar-refractivity contribution in [3.8, 4) is 11.3 Å². The van der Waals surface area contributed by atoms with Crippen LogP contribution in [-0.4, -0.2) is 34.1 Å². The van der Waals surface area contributed by atoms with Crippen molar-refractivity contribution in [1.82, 2.24) is 15.1 Å². The van der Waals surface area contributed by atoms with Crippen LogP contribution >= 0.6 is 0 Å². The number of H-pyrrole nitrogens is 1. The molecule has 1 aliphatic heterocycles. The van der Waals surface area contributed by atoms with E-state index in [0.717, 1.165) is 34.4 Å². The van der Waals surface area contributed by atoms with Crippen LogP contribution in [0.5, 0.6) is 0 Å². The summed E-state index contributed by atoms with van der Waals surface area (Å²) in [4.78, 5) is 14.8. The van der Waals surface area contributed by atoms with Crippen LogP contribution in [0, 0.1) is 0 Å². The van der Waals surface area contributed by atoms with Crippen molar-refractivity contribution < 1.29 is 9.21 Å². The summed E-state index contributed by atoms with van der Waals surface area (Å²) in [7, 11) is 0. The van der Waals surface area contributed by atoms with Gasteiger partial charge < -0.3 is 9.32 Å². The summed E-state index contributed by atoms with van der Waals surface area (Å²) >= 11 is 0. The quantitative estimate of drug-likeness (QED) is 0.567. The number of benzene rings is 2. The minimum atomic E-state index is -0.0447. The van der Waals surface area contributed by atoms with E-state index in [-0.39, 0.29) is 5.91 Å². The van der Waals surface area contributed by atoms with Gasteiger partial charge in [0.25, 0.3) is 5.91 Å². The number of nitrogens with zero attached hydrogens (tertiary/aromatic N) is 2. The van der Waals surface area contributed by atoms with Crippen molar-refractivity contribution in [2.45, 2.75) is 6.42 Å². The maximum absolute atomic E-state index is 13.0. The van der Waals surface area contributed by atoms with Gasteiger partial charge in [0.15, 0.2) is 0 Å². The fraction of sp³-hybridized carbons (Fsp3) is 0.130. The minimum absolute atomic E-state index is 0.0447. The van der Waals surface area contributed by atoms with Crippen LogP contribution in [0.4, 0.5) is 0 Å². The van der Waals surface area contributed by atoms with Crippen LogP contribution in [-0.2, 0) is 0 Å². The van der Waals surface area contributed by atoms with E-state index in [1.165, 1.54) is 5.39 Å². The highest BCUT2D eigenvalue weighted by Gasteiger charge is 2.23. The molecule has 0 atom stereocenters. The molecule has 0 unspecified atom stereocenters. The molecule has 0 saturated heterocycles. The van der Waals surface area contributed by atoms with Crippen LogP contribution in [0.2, 0.25) is 0 Å². The zero-order chi connectivity index (χ0) is 18.9. The highest BCUT2D eigenvalue weighted by molar-refractivity contribution is 5.95. The Labute approximate surface area is 162 Å². The van der Waals surface area contributed by atoms with Gasteiger partial charge in [-0.2, -0.15) is 5.10 Å². The van der Waals surface area contributed by atoms with Crippen LogP contribution in [0.25, 0.3) is 27.6 Å². The van der Waals surface area contributed by atoms with E-state index in [1.54, 1.807) is 6.26 Å². The number of amides is 1. The Morgan fingerprint density at radius 3 is 2.79 bits per heavy atom. The molecule has 5 rings (SSSR count). The minimum Gasteiger partial charge on any atom is -0.465 e. The van der Waals surface area contributed by atoms with Gasteiger partial charge in [-0.05, 0) is 41.5 Å². The van der Waals surface area contributed by atoms with Gasteiger partial charge in [-0.25, -0.2) is 0 Å². The van der Waals surface area contributed by atoms with E-state index in [1.807, 2.05) is 41.3 Å². The van der Waals surface area contributed by atoms with Crippen molar-refractivity contribution in [3.05, 3.63) is 84.5 Å². The molecule has 0 aliphatic carbocycles. The first-order chi connectivity index (χ1) is 13.8. The lowest BCUT2D eigenvalue weighted by Crippen LogP contribution is -2.35. The van der Waals surface area contributed by atoms with Crippen molar-refractivity contribution in [2.75, 3.05) is 13.1 Å². The molecule has 4 aromatic rings. The second-order valence-electron chi connectivity index (χ2n) is 6.95. The maximum Gasteiger partial charge on any atom is 0.272 e. The first-order valence-electron chi connectivity index (χ1n) is 9.35. The van der Waals surface area contributed by atoms with E-state index >= 15 is 0 Å². The number of aromatic nitrogens is 2. The van der Waals surface area contributed by atoms with E-state index in [4.69, 9.17) is 4.42 Å². The predicted molar refractivity (Wildman–Crippen MR) is 109 cm³/mol. The molecule has 1 N–H and O–H groups in total. The Kier molecular flexibility index (Phi) is 4.05. The Balaban J connectivity index is 1.38. The summed E-state index contributed by atoms with van der Waals surface area (Å²) < 4.78 is 5.48. The van der Waals surface area contributed by atoms with E-state index < -0.39 is 0 Å². The highest BCUT2D eigenvalue weighted by atomic mass is 16.3. The largest absolute Gasteiger partial charge is 0.465 e. The fourth-order valence-corrected chi connectivity index (χ4v) is 3.66. The second-order valence-corrected chi connectivity index (χ2v) is 6.95. The SMILES string of the molecule is O=C(c1cc(-c2ccc3ccccc3c2)n[nH]1)N1CCC=C(c2ccco2)C1. The van der Waals surface area contributed by atoms with Gasteiger partial charge >= 0.3 is 0 Å². The number of carbonyl (C=O) groups is 1. The molecule has 1 amide bonds. The number of furan rings is 1.